The number of thiophene rings is 1. The van der Waals surface area contributed by atoms with E-state index < -0.39 is 21.9 Å². The van der Waals surface area contributed by atoms with Gasteiger partial charge in [0.05, 0.1) is 31.2 Å². The first-order valence-corrected chi connectivity index (χ1v) is 11.0. The second-order valence-electron chi connectivity index (χ2n) is 5.91. The lowest BCUT2D eigenvalue weighted by Crippen LogP contribution is -2.20. The van der Waals surface area contributed by atoms with Crippen LogP contribution in [-0.2, 0) is 14.8 Å². The van der Waals surface area contributed by atoms with Crippen molar-refractivity contribution < 1.29 is 27.5 Å². The van der Waals surface area contributed by atoms with Crippen LogP contribution in [0.15, 0.2) is 64.9 Å². The van der Waals surface area contributed by atoms with Crippen LogP contribution in [0.2, 0.25) is 0 Å². The number of esters is 1. The molecule has 0 bridgehead atoms. The Bertz CT molecular complexity index is 1190. The lowest BCUT2D eigenvalue weighted by Gasteiger charge is -2.14. The van der Waals surface area contributed by atoms with Gasteiger partial charge in [0.1, 0.15) is 15.5 Å². The zero-order chi connectivity index (χ0) is 21.7. The van der Waals surface area contributed by atoms with E-state index in [2.05, 4.69) is 14.8 Å². The number of hydrogen-bond acceptors (Lipinski definition) is 7. The molecule has 0 aliphatic heterocycles. The molecule has 0 atom stereocenters. The lowest BCUT2D eigenvalue weighted by molar-refractivity contribution is 0.0602. The first-order chi connectivity index (χ1) is 14.4. The summed E-state index contributed by atoms with van der Waals surface area (Å²) in [5.74, 6) is -0.825. The molecule has 156 valence electrons. The molecule has 3 rings (SSSR count). The Morgan fingerprint density at radius 3 is 2.30 bits per heavy atom. The number of para-hydroxylation sites is 3. The smallest absolute Gasteiger partial charge is 0.349 e. The topological polar surface area (TPSA) is 111 Å². The summed E-state index contributed by atoms with van der Waals surface area (Å²) in [4.78, 5) is 24.4. The highest BCUT2D eigenvalue weighted by atomic mass is 32.2. The molecule has 0 aliphatic rings. The zero-order valence-corrected chi connectivity index (χ0v) is 17.7. The van der Waals surface area contributed by atoms with Crippen LogP contribution in [0.1, 0.15) is 20.0 Å². The van der Waals surface area contributed by atoms with Gasteiger partial charge in [0, 0.05) is 0 Å². The van der Waals surface area contributed by atoms with E-state index in [0.29, 0.717) is 11.4 Å². The Kier molecular flexibility index (Phi) is 6.38. The molecule has 10 heteroatoms. The van der Waals surface area contributed by atoms with Crippen molar-refractivity contribution in [3.05, 3.63) is 70.4 Å². The molecule has 1 amide bonds. The largest absolute Gasteiger partial charge is 0.495 e. The fourth-order valence-electron chi connectivity index (χ4n) is 2.66. The Balaban J connectivity index is 1.91. The van der Waals surface area contributed by atoms with Gasteiger partial charge in [-0.05, 0) is 35.7 Å². The molecule has 0 unspecified atom stereocenters. The summed E-state index contributed by atoms with van der Waals surface area (Å²) in [7, 11) is -1.49. The van der Waals surface area contributed by atoms with Gasteiger partial charge in [0.25, 0.3) is 15.9 Å². The molecule has 0 radical (unpaired) electrons. The van der Waals surface area contributed by atoms with Crippen molar-refractivity contribution in [1.29, 1.82) is 0 Å². The van der Waals surface area contributed by atoms with E-state index in [0.717, 1.165) is 11.3 Å². The van der Waals surface area contributed by atoms with Crippen molar-refractivity contribution in [1.82, 2.24) is 0 Å². The first kappa shape index (κ1) is 21.3. The minimum atomic E-state index is -4.14. The van der Waals surface area contributed by atoms with Crippen molar-refractivity contribution in [3.63, 3.8) is 0 Å². The van der Waals surface area contributed by atoms with Gasteiger partial charge in [-0.15, -0.1) is 11.3 Å². The number of benzene rings is 2. The van der Waals surface area contributed by atoms with Crippen LogP contribution in [0.25, 0.3) is 0 Å². The molecule has 0 spiro atoms. The molecule has 1 aromatic heterocycles. The van der Waals surface area contributed by atoms with Crippen molar-refractivity contribution in [2.75, 3.05) is 24.3 Å². The second-order valence-corrected chi connectivity index (χ2v) is 8.48. The molecule has 0 aliphatic carbocycles. The van der Waals surface area contributed by atoms with Crippen LogP contribution >= 0.6 is 11.3 Å². The fourth-order valence-corrected chi connectivity index (χ4v) is 5.07. The predicted molar refractivity (Wildman–Crippen MR) is 114 cm³/mol. The minimum Gasteiger partial charge on any atom is -0.495 e. The number of hydrogen-bond donors (Lipinski definition) is 2. The molecule has 3 aromatic rings. The average Bonchev–Trinajstić information content (AvgIpc) is 3.25. The summed E-state index contributed by atoms with van der Waals surface area (Å²) < 4.78 is 38.0. The maximum atomic E-state index is 12.9. The average molecular weight is 447 g/mol. The molecule has 2 N–H and O–H groups in total. The maximum absolute atomic E-state index is 12.9. The van der Waals surface area contributed by atoms with Crippen molar-refractivity contribution in [3.8, 4) is 5.75 Å². The quantitative estimate of drug-likeness (QED) is 0.537. The lowest BCUT2D eigenvalue weighted by atomic mass is 10.1. The molecule has 0 fully saturated rings. The summed E-state index contributed by atoms with van der Waals surface area (Å²) >= 11 is 0.949. The number of anilines is 2. The Morgan fingerprint density at radius 1 is 0.933 bits per heavy atom. The van der Waals surface area contributed by atoms with Crippen molar-refractivity contribution >= 4 is 44.6 Å². The third-order valence-corrected chi connectivity index (χ3v) is 6.49. The highest BCUT2D eigenvalue weighted by Gasteiger charge is 2.26. The summed E-state index contributed by atoms with van der Waals surface area (Å²) in [6.45, 7) is 0. The molecule has 2 aromatic carbocycles. The van der Waals surface area contributed by atoms with E-state index in [-0.39, 0.29) is 21.0 Å². The van der Waals surface area contributed by atoms with E-state index in [9.17, 15) is 18.0 Å². The standard InChI is InChI=1S/C20H18N2O6S2/c1-27-16-10-6-5-9-15(16)21-19(23)13-7-3-4-8-14(13)22-30(25,26)17-11-12-29-18(17)20(24)28-2/h3-12,22H,1-2H3,(H,21,23). The number of carbonyl (C=O) groups is 2. The molecular formula is C20H18N2O6S2. The van der Waals surface area contributed by atoms with Gasteiger partial charge in [-0.25, -0.2) is 13.2 Å². The molecule has 0 saturated heterocycles. The van der Waals surface area contributed by atoms with Gasteiger partial charge in [-0.2, -0.15) is 0 Å². The molecule has 30 heavy (non-hydrogen) atoms. The fraction of sp³-hybridized carbons (Fsp3) is 0.100. The van der Waals surface area contributed by atoms with Crippen LogP contribution in [0.5, 0.6) is 5.75 Å². The predicted octanol–water partition coefficient (Wildman–Crippen LogP) is 3.60. The molecule has 8 nitrogen and oxygen atoms in total. The Hall–Kier alpha value is -3.37. The van der Waals surface area contributed by atoms with Gasteiger partial charge in [-0.1, -0.05) is 24.3 Å². The monoisotopic (exact) mass is 446 g/mol. The van der Waals surface area contributed by atoms with Crippen LogP contribution in [0.3, 0.4) is 0 Å². The van der Waals surface area contributed by atoms with Crippen LogP contribution in [0.4, 0.5) is 11.4 Å². The summed E-state index contributed by atoms with van der Waals surface area (Å²) in [6, 6.07) is 14.3. The number of carbonyl (C=O) groups excluding carboxylic acids is 2. The number of ether oxygens (including phenoxy) is 2. The number of amides is 1. The summed E-state index contributed by atoms with van der Waals surface area (Å²) in [5, 5.41) is 4.18. The molecule has 1 heterocycles. The summed E-state index contributed by atoms with van der Waals surface area (Å²) in [5.41, 5.74) is 0.599. The Labute approximate surface area is 177 Å². The van der Waals surface area contributed by atoms with Crippen LogP contribution in [-0.4, -0.2) is 34.5 Å². The zero-order valence-electron chi connectivity index (χ0n) is 16.0. The maximum Gasteiger partial charge on any atom is 0.349 e. The van der Waals surface area contributed by atoms with Crippen LogP contribution < -0.4 is 14.8 Å². The number of methoxy groups -OCH3 is 2. The van der Waals surface area contributed by atoms with Gasteiger partial charge >= 0.3 is 5.97 Å². The first-order valence-electron chi connectivity index (χ1n) is 8.59. The van der Waals surface area contributed by atoms with Gasteiger partial charge < -0.3 is 14.8 Å². The number of sulfonamides is 1. The van der Waals surface area contributed by atoms with Crippen LogP contribution in [0, 0.1) is 0 Å². The third kappa shape index (κ3) is 4.44. The molecular weight excluding hydrogens is 428 g/mol. The highest BCUT2D eigenvalue weighted by molar-refractivity contribution is 7.93. The second kappa shape index (κ2) is 8.97. The van der Waals surface area contributed by atoms with E-state index in [4.69, 9.17) is 4.74 Å². The van der Waals surface area contributed by atoms with E-state index in [1.165, 1.54) is 37.8 Å². The highest BCUT2D eigenvalue weighted by Crippen LogP contribution is 2.28. The van der Waals surface area contributed by atoms with Crippen molar-refractivity contribution in [2.24, 2.45) is 0 Å². The van der Waals surface area contributed by atoms with Gasteiger partial charge in [0.2, 0.25) is 0 Å². The van der Waals surface area contributed by atoms with Gasteiger partial charge in [-0.3, -0.25) is 9.52 Å². The van der Waals surface area contributed by atoms with E-state index in [1.807, 2.05) is 0 Å². The minimum absolute atomic E-state index is 0.0547. The Morgan fingerprint density at radius 2 is 1.60 bits per heavy atom. The normalized spacial score (nSPS) is 10.9. The van der Waals surface area contributed by atoms with E-state index >= 15 is 0 Å². The molecule has 0 saturated carbocycles. The van der Waals surface area contributed by atoms with E-state index in [1.54, 1.807) is 36.4 Å². The third-order valence-electron chi connectivity index (χ3n) is 4.06. The SMILES string of the molecule is COC(=O)c1sccc1S(=O)(=O)Nc1ccccc1C(=O)Nc1ccccc1OC. The number of rotatable bonds is 7. The van der Waals surface area contributed by atoms with Crippen molar-refractivity contribution in [2.45, 2.75) is 4.90 Å². The summed E-state index contributed by atoms with van der Waals surface area (Å²) in [6.07, 6.45) is 0. The van der Waals surface area contributed by atoms with Gasteiger partial charge in [0.15, 0.2) is 0 Å². The number of nitrogens with one attached hydrogen (secondary N) is 2.